The number of rotatable bonds is 5. The Labute approximate surface area is 109 Å². The van der Waals surface area contributed by atoms with Crippen molar-refractivity contribution in [1.82, 2.24) is 9.55 Å². The zero-order valence-electron chi connectivity index (χ0n) is 10.3. The van der Waals surface area contributed by atoms with Crippen LogP contribution in [0.2, 0.25) is 0 Å². The largest absolute Gasteiger partial charge is 0.390 e. The second-order valence-corrected chi connectivity index (χ2v) is 3.88. The predicted molar refractivity (Wildman–Crippen MR) is 66.9 cm³/mol. The molecule has 0 bridgehead atoms. The second-order valence-electron chi connectivity index (χ2n) is 3.88. The zero-order chi connectivity index (χ0) is 13.8. The van der Waals surface area contributed by atoms with Crippen LogP contribution in [0.5, 0.6) is 0 Å². The van der Waals surface area contributed by atoms with Gasteiger partial charge in [0.2, 0.25) is 0 Å². The summed E-state index contributed by atoms with van der Waals surface area (Å²) < 4.78 is 6.77. The van der Waals surface area contributed by atoms with Crippen LogP contribution in [0.4, 0.5) is 5.69 Å². The molecule has 0 aliphatic rings. The van der Waals surface area contributed by atoms with Gasteiger partial charge in [0.15, 0.2) is 0 Å². The molecule has 1 N–H and O–H groups in total. The van der Waals surface area contributed by atoms with Crippen molar-refractivity contribution >= 4 is 5.69 Å². The van der Waals surface area contributed by atoms with E-state index in [1.807, 2.05) is 0 Å². The molecule has 1 aromatic carbocycles. The molecule has 19 heavy (non-hydrogen) atoms. The third-order valence-electron chi connectivity index (χ3n) is 2.60. The summed E-state index contributed by atoms with van der Waals surface area (Å²) in [5.41, 5.74) is 1.27. The molecule has 2 aromatic rings. The minimum atomic E-state index is -0.451. The first kappa shape index (κ1) is 13.2. The summed E-state index contributed by atoms with van der Waals surface area (Å²) in [6, 6.07) is 6.09. The molecule has 7 heteroatoms. The lowest BCUT2D eigenvalue weighted by atomic mass is 10.3. The summed E-state index contributed by atoms with van der Waals surface area (Å²) in [5.74, 6) is 0.625. The van der Waals surface area contributed by atoms with E-state index in [4.69, 9.17) is 9.84 Å². The van der Waals surface area contributed by atoms with Gasteiger partial charge in [-0.25, -0.2) is 4.98 Å². The number of benzene rings is 1. The van der Waals surface area contributed by atoms with E-state index >= 15 is 0 Å². The van der Waals surface area contributed by atoms with Crippen LogP contribution >= 0.6 is 0 Å². The van der Waals surface area contributed by atoms with Gasteiger partial charge in [-0.2, -0.15) is 0 Å². The van der Waals surface area contributed by atoms with Gasteiger partial charge in [-0.3, -0.25) is 10.1 Å². The van der Waals surface area contributed by atoms with E-state index in [-0.39, 0.29) is 18.9 Å². The van der Waals surface area contributed by atoms with E-state index in [1.54, 1.807) is 30.0 Å². The number of imidazole rings is 1. The van der Waals surface area contributed by atoms with Gasteiger partial charge in [-0.1, -0.05) is 0 Å². The molecule has 100 valence electrons. The number of aliphatic hydroxyl groups is 1. The number of aliphatic hydroxyl groups excluding tert-OH is 1. The van der Waals surface area contributed by atoms with Crippen molar-refractivity contribution in [3.05, 3.63) is 52.1 Å². The van der Waals surface area contributed by atoms with Crippen LogP contribution in [-0.2, 0) is 18.0 Å². The molecule has 0 spiro atoms. The van der Waals surface area contributed by atoms with Crippen molar-refractivity contribution in [2.24, 2.45) is 0 Å². The summed E-state index contributed by atoms with van der Waals surface area (Å²) in [4.78, 5) is 14.4. The number of methoxy groups -OCH3 is 1. The number of ether oxygens (including phenoxy) is 1. The van der Waals surface area contributed by atoms with E-state index in [0.29, 0.717) is 11.5 Å². The molecule has 1 aromatic heterocycles. The summed E-state index contributed by atoms with van der Waals surface area (Å²) in [6.45, 7) is 0.119. The highest BCUT2D eigenvalue weighted by Crippen LogP contribution is 2.18. The fraction of sp³-hybridized carbons (Fsp3) is 0.250. The number of nitro groups is 1. The van der Waals surface area contributed by atoms with Gasteiger partial charge in [0.25, 0.3) is 5.69 Å². The molecule has 0 saturated heterocycles. The summed E-state index contributed by atoms with van der Waals surface area (Å²) in [5, 5.41) is 19.7. The number of aromatic nitrogens is 2. The molecule has 0 aliphatic heterocycles. The Bertz CT molecular complexity index is 577. The van der Waals surface area contributed by atoms with Gasteiger partial charge in [0.1, 0.15) is 12.4 Å². The van der Waals surface area contributed by atoms with Crippen molar-refractivity contribution in [1.29, 1.82) is 0 Å². The van der Waals surface area contributed by atoms with E-state index in [2.05, 4.69) is 4.98 Å². The smallest absolute Gasteiger partial charge is 0.269 e. The molecular weight excluding hydrogens is 250 g/mol. The van der Waals surface area contributed by atoms with Crippen molar-refractivity contribution in [2.75, 3.05) is 7.11 Å². The molecule has 0 amide bonds. The zero-order valence-corrected chi connectivity index (χ0v) is 10.3. The van der Waals surface area contributed by atoms with Gasteiger partial charge >= 0.3 is 0 Å². The van der Waals surface area contributed by atoms with Crippen LogP contribution in [0, 0.1) is 10.1 Å². The number of hydrogen-bond donors (Lipinski definition) is 1. The van der Waals surface area contributed by atoms with Crippen LogP contribution in [0.3, 0.4) is 0 Å². The summed E-state index contributed by atoms with van der Waals surface area (Å²) in [7, 11) is 1.55. The fourth-order valence-electron chi connectivity index (χ4n) is 1.74. The maximum absolute atomic E-state index is 10.6. The minimum Gasteiger partial charge on any atom is -0.390 e. The van der Waals surface area contributed by atoms with E-state index < -0.39 is 4.92 Å². The Kier molecular flexibility index (Phi) is 3.88. The van der Waals surface area contributed by atoms with Gasteiger partial charge in [0.05, 0.1) is 17.2 Å². The van der Waals surface area contributed by atoms with Gasteiger partial charge in [0, 0.05) is 31.1 Å². The standard InChI is InChI=1S/C12H13N3O4/c1-19-8-12-13-9(7-16)6-14(12)10-2-4-11(5-3-10)15(17)18/h2-6,16H,7-8H2,1H3. The third-order valence-corrected chi connectivity index (χ3v) is 2.60. The average molecular weight is 263 g/mol. The van der Waals surface area contributed by atoms with Gasteiger partial charge in [-0.15, -0.1) is 0 Å². The number of nitrogens with zero attached hydrogens (tertiary/aromatic N) is 3. The molecule has 0 atom stereocenters. The van der Waals surface area contributed by atoms with Crippen molar-refractivity contribution in [3.63, 3.8) is 0 Å². The molecule has 2 rings (SSSR count). The van der Waals surface area contributed by atoms with Crippen LogP contribution in [0.15, 0.2) is 30.5 Å². The molecule has 1 heterocycles. The van der Waals surface area contributed by atoms with E-state index in [0.717, 1.165) is 5.69 Å². The maximum atomic E-state index is 10.6. The first-order chi connectivity index (χ1) is 9.15. The second kappa shape index (κ2) is 5.59. The first-order valence-electron chi connectivity index (χ1n) is 5.57. The van der Waals surface area contributed by atoms with Crippen molar-refractivity contribution in [3.8, 4) is 5.69 Å². The lowest BCUT2D eigenvalue weighted by molar-refractivity contribution is -0.384. The SMILES string of the molecule is COCc1nc(CO)cn1-c1ccc([N+](=O)[O-])cc1. The topological polar surface area (TPSA) is 90.4 Å². The minimum absolute atomic E-state index is 0.0274. The quantitative estimate of drug-likeness (QED) is 0.650. The Morgan fingerprint density at radius 2 is 2.11 bits per heavy atom. The Balaban J connectivity index is 2.39. The van der Waals surface area contributed by atoms with Crippen LogP contribution in [-0.4, -0.2) is 26.7 Å². The molecule has 0 saturated carbocycles. The highest BCUT2D eigenvalue weighted by molar-refractivity contribution is 5.41. The Morgan fingerprint density at radius 3 is 2.63 bits per heavy atom. The fourth-order valence-corrected chi connectivity index (χ4v) is 1.74. The number of nitro benzene ring substituents is 1. The maximum Gasteiger partial charge on any atom is 0.269 e. The molecule has 7 nitrogen and oxygen atoms in total. The van der Waals surface area contributed by atoms with Crippen molar-refractivity contribution < 1.29 is 14.8 Å². The Hall–Kier alpha value is -2.25. The van der Waals surface area contributed by atoms with Crippen molar-refractivity contribution in [2.45, 2.75) is 13.2 Å². The third kappa shape index (κ3) is 2.78. The number of hydrogen-bond acceptors (Lipinski definition) is 5. The highest BCUT2D eigenvalue weighted by atomic mass is 16.6. The summed E-state index contributed by atoms with van der Waals surface area (Å²) in [6.07, 6.45) is 1.68. The van der Waals surface area contributed by atoms with Crippen LogP contribution in [0.1, 0.15) is 11.5 Å². The van der Waals surface area contributed by atoms with Crippen LogP contribution in [0.25, 0.3) is 5.69 Å². The highest BCUT2D eigenvalue weighted by Gasteiger charge is 2.10. The molecule has 0 fully saturated rings. The van der Waals surface area contributed by atoms with Crippen LogP contribution < -0.4 is 0 Å². The van der Waals surface area contributed by atoms with Gasteiger partial charge in [-0.05, 0) is 12.1 Å². The number of non-ortho nitro benzene ring substituents is 1. The Morgan fingerprint density at radius 1 is 1.42 bits per heavy atom. The monoisotopic (exact) mass is 263 g/mol. The van der Waals surface area contributed by atoms with E-state index in [9.17, 15) is 10.1 Å². The van der Waals surface area contributed by atoms with E-state index in [1.165, 1.54) is 12.1 Å². The predicted octanol–water partition coefficient (Wildman–Crippen LogP) is 1.42. The normalized spacial score (nSPS) is 10.6. The molecular formula is C12H13N3O4. The lowest BCUT2D eigenvalue weighted by Gasteiger charge is -2.06. The molecule has 0 aliphatic carbocycles. The summed E-state index contributed by atoms with van der Waals surface area (Å²) >= 11 is 0. The molecule has 0 unspecified atom stereocenters. The van der Waals surface area contributed by atoms with Gasteiger partial charge < -0.3 is 14.4 Å². The lowest BCUT2D eigenvalue weighted by Crippen LogP contribution is -2.01. The first-order valence-corrected chi connectivity index (χ1v) is 5.57. The average Bonchev–Trinajstić information content (AvgIpc) is 2.82. The molecule has 0 radical (unpaired) electrons.